The van der Waals surface area contributed by atoms with Crippen LogP contribution in [-0.2, 0) is 13.5 Å². The standard InChI is InChI=1S/C22H25F2N5O.C3H6/c1-4-20-17(22(28-27-20)14-10-26-29(3)11-14)7-13(2)21-18(23)8-16(9-19(21)24)30-12-15-5-6-25-15;1-3-2/h7-11,15,25H,4-6,12H2,1-3H3,(H,27,28);3H,1H2,2H3/b13-7+;. The molecule has 1 unspecified atom stereocenters. The maximum atomic E-state index is 14.8. The Morgan fingerprint density at radius 3 is 2.52 bits per heavy atom. The lowest BCUT2D eigenvalue weighted by atomic mass is 10.00. The van der Waals surface area contributed by atoms with Gasteiger partial charge in [-0.1, -0.05) is 13.0 Å². The van der Waals surface area contributed by atoms with Gasteiger partial charge in [0.2, 0.25) is 0 Å². The summed E-state index contributed by atoms with van der Waals surface area (Å²) in [4.78, 5) is 0. The molecule has 4 rings (SSSR count). The van der Waals surface area contributed by atoms with Crippen molar-refractivity contribution >= 4 is 11.6 Å². The summed E-state index contributed by atoms with van der Waals surface area (Å²) in [5.41, 5.74) is 3.64. The first-order valence-electron chi connectivity index (χ1n) is 11.0. The van der Waals surface area contributed by atoms with Crippen LogP contribution in [0.15, 0.2) is 37.2 Å². The summed E-state index contributed by atoms with van der Waals surface area (Å²) in [6, 6.07) is 2.73. The monoisotopic (exact) mass is 455 g/mol. The number of nitrogens with one attached hydrogen (secondary N) is 2. The quantitative estimate of drug-likeness (QED) is 0.484. The Balaban J connectivity index is 0.000000968. The van der Waals surface area contributed by atoms with Gasteiger partial charge in [0.05, 0.1) is 6.20 Å². The maximum absolute atomic E-state index is 14.8. The predicted molar refractivity (Wildman–Crippen MR) is 128 cm³/mol. The van der Waals surface area contributed by atoms with Gasteiger partial charge in [-0.3, -0.25) is 9.78 Å². The van der Waals surface area contributed by atoms with Crippen molar-refractivity contribution in [2.24, 2.45) is 7.05 Å². The van der Waals surface area contributed by atoms with E-state index in [1.807, 2.05) is 27.1 Å². The summed E-state index contributed by atoms with van der Waals surface area (Å²) in [5.74, 6) is -1.10. The topological polar surface area (TPSA) is 67.8 Å². The van der Waals surface area contributed by atoms with Crippen molar-refractivity contribution in [2.75, 3.05) is 13.2 Å². The Morgan fingerprint density at radius 2 is 2.00 bits per heavy atom. The van der Waals surface area contributed by atoms with E-state index in [1.165, 1.54) is 12.1 Å². The van der Waals surface area contributed by atoms with Gasteiger partial charge in [-0.25, -0.2) is 8.78 Å². The SMILES string of the molecule is C=CC.CCc1[nH]nc(-c2cnn(C)c2)c1/C=C(\C)c1c(F)cc(OCC2CCN2)cc1F. The van der Waals surface area contributed by atoms with Crippen LogP contribution in [-0.4, -0.2) is 39.2 Å². The second-order valence-corrected chi connectivity index (χ2v) is 7.97. The number of halogens is 2. The average Bonchev–Trinajstić information content (AvgIpc) is 3.32. The highest BCUT2D eigenvalue weighted by Crippen LogP contribution is 2.31. The molecule has 1 aromatic carbocycles. The highest BCUT2D eigenvalue weighted by molar-refractivity contribution is 5.86. The second-order valence-electron chi connectivity index (χ2n) is 7.97. The van der Waals surface area contributed by atoms with E-state index in [9.17, 15) is 8.78 Å². The molecule has 8 heteroatoms. The Labute approximate surface area is 193 Å². The van der Waals surface area contributed by atoms with Crippen molar-refractivity contribution in [1.82, 2.24) is 25.3 Å². The van der Waals surface area contributed by atoms with Crippen molar-refractivity contribution in [3.05, 3.63) is 65.6 Å². The lowest BCUT2D eigenvalue weighted by molar-refractivity contribution is 0.216. The first-order chi connectivity index (χ1) is 15.9. The molecule has 1 fully saturated rings. The maximum Gasteiger partial charge on any atom is 0.137 e. The number of H-pyrrole nitrogens is 1. The van der Waals surface area contributed by atoms with E-state index in [0.29, 0.717) is 24.3 Å². The van der Waals surface area contributed by atoms with Crippen molar-refractivity contribution in [2.45, 2.75) is 39.7 Å². The van der Waals surface area contributed by atoms with Crippen LogP contribution in [0.4, 0.5) is 8.78 Å². The van der Waals surface area contributed by atoms with Crippen molar-refractivity contribution in [1.29, 1.82) is 0 Å². The summed E-state index contributed by atoms with van der Waals surface area (Å²) >= 11 is 0. The molecule has 0 spiro atoms. The van der Waals surface area contributed by atoms with E-state index >= 15 is 0 Å². The van der Waals surface area contributed by atoms with Gasteiger partial charge in [0.1, 0.15) is 29.7 Å². The van der Waals surface area contributed by atoms with Crippen molar-refractivity contribution in [3.8, 4) is 17.0 Å². The number of hydrogen-bond acceptors (Lipinski definition) is 4. The Morgan fingerprint density at radius 1 is 1.33 bits per heavy atom. The van der Waals surface area contributed by atoms with Gasteiger partial charge in [0, 0.05) is 53.8 Å². The Hall–Kier alpha value is -3.26. The molecule has 1 atom stereocenters. The molecule has 33 heavy (non-hydrogen) atoms. The van der Waals surface area contributed by atoms with Gasteiger partial charge in [-0.2, -0.15) is 10.2 Å². The molecule has 3 aromatic rings. The molecule has 1 aliphatic heterocycles. The molecule has 176 valence electrons. The molecule has 3 heterocycles. The molecule has 0 amide bonds. The van der Waals surface area contributed by atoms with E-state index in [1.54, 1.807) is 30.0 Å². The van der Waals surface area contributed by atoms with E-state index in [2.05, 4.69) is 27.2 Å². The summed E-state index contributed by atoms with van der Waals surface area (Å²) in [7, 11) is 1.83. The minimum Gasteiger partial charge on any atom is -0.492 e. The summed E-state index contributed by atoms with van der Waals surface area (Å²) < 4.78 is 36.8. The molecular formula is C25H31F2N5O. The normalized spacial score (nSPS) is 15.5. The van der Waals surface area contributed by atoms with Crippen LogP contribution >= 0.6 is 0 Å². The third-order valence-electron chi connectivity index (χ3n) is 5.36. The van der Waals surface area contributed by atoms with E-state index in [0.717, 1.165) is 29.8 Å². The van der Waals surface area contributed by atoms with Crippen LogP contribution in [0.25, 0.3) is 22.9 Å². The Bertz CT molecular complexity index is 1100. The number of aromatic nitrogens is 4. The average molecular weight is 456 g/mol. The van der Waals surface area contributed by atoms with Gasteiger partial charge in [0.15, 0.2) is 0 Å². The highest BCUT2D eigenvalue weighted by Gasteiger charge is 2.20. The fourth-order valence-corrected chi connectivity index (χ4v) is 3.56. The number of aryl methyl sites for hydroxylation is 2. The predicted octanol–water partition coefficient (Wildman–Crippen LogP) is 5.14. The fourth-order valence-electron chi connectivity index (χ4n) is 3.56. The number of ether oxygens (including phenoxy) is 1. The lowest BCUT2D eigenvalue weighted by Gasteiger charge is -2.27. The van der Waals surface area contributed by atoms with Gasteiger partial charge in [-0.15, -0.1) is 6.58 Å². The number of allylic oxidation sites excluding steroid dienone is 2. The van der Waals surface area contributed by atoms with Crippen LogP contribution < -0.4 is 10.1 Å². The number of aromatic amines is 1. The zero-order valence-electron chi connectivity index (χ0n) is 19.6. The van der Waals surface area contributed by atoms with Crippen molar-refractivity contribution < 1.29 is 13.5 Å². The molecule has 6 nitrogen and oxygen atoms in total. The Kier molecular flexibility index (Phi) is 8.16. The van der Waals surface area contributed by atoms with Crippen LogP contribution in [0.5, 0.6) is 5.75 Å². The van der Waals surface area contributed by atoms with Gasteiger partial charge >= 0.3 is 0 Å². The lowest BCUT2D eigenvalue weighted by Crippen LogP contribution is -2.46. The molecule has 2 aromatic heterocycles. The van der Waals surface area contributed by atoms with E-state index in [4.69, 9.17) is 4.74 Å². The van der Waals surface area contributed by atoms with Crippen LogP contribution in [0.2, 0.25) is 0 Å². The summed E-state index contributed by atoms with van der Waals surface area (Å²) in [5, 5.41) is 14.8. The van der Waals surface area contributed by atoms with Gasteiger partial charge < -0.3 is 10.1 Å². The summed E-state index contributed by atoms with van der Waals surface area (Å²) in [6.45, 7) is 10.3. The van der Waals surface area contributed by atoms with Crippen LogP contribution in [0, 0.1) is 11.6 Å². The van der Waals surface area contributed by atoms with Gasteiger partial charge in [-0.05, 0) is 44.9 Å². The van der Waals surface area contributed by atoms with Crippen LogP contribution in [0.3, 0.4) is 0 Å². The third kappa shape index (κ3) is 5.76. The molecule has 2 N–H and O–H groups in total. The number of benzene rings is 1. The van der Waals surface area contributed by atoms with E-state index in [-0.39, 0.29) is 17.4 Å². The van der Waals surface area contributed by atoms with E-state index < -0.39 is 11.6 Å². The summed E-state index contributed by atoms with van der Waals surface area (Å²) in [6.07, 6.45) is 8.80. The van der Waals surface area contributed by atoms with Crippen molar-refractivity contribution in [3.63, 3.8) is 0 Å². The molecule has 1 saturated heterocycles. The third-order valence-corrected chi connectivity index (χ3v) is 5.36. The minimum absolute atomic E-state index is 0.0653. The number of rotatable bonds is 7. The highest BCUT2D eigenvalue weighted by atomic mass is 19.1. The molecule has 0 saturated carbocycles. The first-order valence-corrected chi connectivity index (χ1v) is 11.0. The largest absolute Gasteiger partial charge is 0.492 e. The number of nitrogens with zero attached hydrogens (tertiary/aromatic N) is 3. The molecule has 0 bridgehead atoms. The fraction of sp³-hybridized carbons (Fsp3) is 0.360. The minimum atomic E-state index is -0.648. The zero-order chi connectivity index (χ0) is 24.0. The van der Waals surface area contributed by atoms with Crippen LogP contribution in [0.1, 0.15) is 44.0 Å². The number of hydrogen-bond donors (Lipinski definition) is 2. The first kappa shape index (κ1) is 24.4. The zero-order valence-corrected chi connectivity index (χ0v) is 19.6. The van der Waals surface area contributed by atoms with Gasteiger partial charge in [0.25, 0.3) is 0 Å². The molecular weight excluding hydrogens is 424 g/mol. The molecule has 1 aliphatic rings. The second kappa shape index (κ2) is 11.0. The smallest absolute Gasteiger partial charge is 0.137 e. The molecule has 0 aliphatic carbocycles. The molecule has 0 radical (unpaired) electrons.